The van der Waals surface area contributed by atoms with Crippen molar-refractivity contribution >= 4 is 22.4 Å². The molecule has 2 aromatic heterocycles. The quantitative estimate of drug-likeness (QED) is 0.763. The number of hydrogen-bond acceptors (Lipinski definition) is 5. The van der Waals surface area contributed by atoms with Crippen LogP contribution in [0.15, 0.2) is 40.8 Å². The lowest BCUT2D eigenvalue weighted by atomic mass is 10.1. The molecular formula is C16H14FN3O2S. The van der Waals surface area contributed by atoms with Crippen molar-refractivity contribution < 1.29 is 13.6 Å². The van der Waals surface area contributed by atoms with Gasteiger partial charge in [-0.3, -0.25) is 10.1 Å². The zero-order chi connectivity index (χ0) is 16.2. The van der Waals surface area contributed by atoms with Gasteiger partial charge in [-0.25, -0.2) is 4.39 Å². The van der Waals surface area contributed by atoms with Crippen molar-refractivity contribution in [2.75, 3.05) is 5.32 Å². The zero-order valence-corrected chi connectivity index (χ0v) is 13.2. The average Bonchev–Trinajstić information content (AvgIpc) is 3.18. The highest BCUT2D eigenvalue weighted by molar-refractivity contribution is 7.15. The van der Waals surface area contributed by atoms with Crippen molar-refractivity contribution in [3.8, 4) is 11.3 Å². The summed E-state index contributed by atoms with van der Waals surface area (Å²) in [6.07, 6.45) is 1.79. The van der Waals surface area contributed by atoms with Crippen LogP contribution < -0.4 is 5.32 Å². The molecule has 0 saturated heterocycles. The summed E-state index contributed by atoms with van der Waals surface area (Å²) in [4.78, 5) is 12.2. The highest BCUT2D eigenvalue weighted by Gasteiger charge is 2.16. The van der Waals surface area contributed by atoms with E-state index in [1.165, 1.54) is 23.5 Å². The smallest absolute Gasteiger partial charge is 0.293 e. The fourth-order valence-corrected chi connectivity index (χ4v) is 2.88. The molecule has 3 rings (SSSR count). The minimum absolute atomic E-state index is 0.0931. The molecule has 0 saturated carbocycles. The van der Waals surface area contributed by atoms with Gasteiger partial charge in [0, 0.05) is 6.42 Å². The first kappa shape index (κ1) is 15.4. The summed E-state index contributed by atoms with van der Waals surface area (Å²) >= 11 is 1.33. The second-order valence-corrected chi connectivity index (χ2v) is 5.91. The summed E-state index contributed by atoms with van der Waals surface area (Å²) in [5.41, 5.74) is 0.313. The van der Waals surface area contributed by atoms with Crippen LogP contribution in [0.1, 0.15) is 28.9 Å². The highest BCUT2D eigenvalue weighted by atomic mass is 32.1. The Kier molecular flexibility index (Phi) is 4.47. The van der Waals surface area contributed by atoms with Crippen LogP contribution in [0.4, 0.5) is 9.52 Å². The Labute approximate surface area is 136 Å². The summed E-state index contributed by atoms with van der Waals surface area (Å²) in [6.45, 7) is 2.05. The third-order valence-corrected chi connectivity index (χ3v) is 4.02. The molecule has 2 heterocycles. The predicted molar refractivity (Wildman–Crippen MR) is 86.0 cm³/mol. The van der Waals surface area contributed by atoms with E-state index >= 15 is 0 Å². The Bertz CT molecular complexity index is 828. The lowest BCUT2D eigenvalue weighted by Crippen LogP contribution is -2.10. The number of hydrogen-bond donors (Lipinski definition) is 1. The van der Waals surface area contributed by atoms with E-state index in [0.29, 0.717) is 16.5 Å². The Morgan fingerprint density at radius 3 is 2.87 bits per heavy atom. The highest BCUT2D eigenvalue weighted by Crippen LogP contribution is 2.25. The molecule has 118 valence electrons. The Morgan fingerprint density at radius 2 is 2.09 bits per heavy atom. The number of nitrogens with one attached hydrogen (secondary N) is 1. The number of anilines is 1. The summed E-state index contributed by atoms with van der Waals surface area (Å²) in [6, 6.07) is 9.31. The topological polar surface area (TPSA) is 68.0 Å². The van der Waals surface area contributed by atoms with Crippen LogP contribution >= 0.6 is 11.3 Å². The molecule has 0 atom stereocenters. The molecule has 1 N–H and O–H groups in total. The van der Waals surface area contributed by atoms with Crippen molar-refractivity contribution in [3.05, 3.63) is 53.0 Å². The SMILES string of the molecule is CCCc1nnc(NC(=O)c2ccc(-c3ccccc3F)o2)s1. The number of benzene rings is 1. The molecule has 0 unspecified atom stereocenters. The van der Waals surface area contributed by atoms with Gasteiger partial charge >= 0.3 is 0 Å². The fraction of sp³-hybridized carbons (Fsp3) is 0.188. The van der Waals surface area contributed by atoms with Crippen LogP contribution in [0, 0.1) is 5.82 Å². The number of carbonyl (C=O) groups is 1. The standard InChI is InChI=1S/C16H14FN3O2S/c1-2-5-14-19-20-16(23-14)18-15(21)13-9-8-12(22-13)10-6-3-4-7-11(10)17/h3-4,6-9H,2,5H2,1H3,(H,18,20,21). The average molecular weight is 331 g/mol. The van der Waals surface area contributed by atoms with Gasteiger partial charge in [0.15, 0.2) is 5.76 Å². The van der Waals surface area contributed by atoms with E-state index in [9.17, 15) is 9.18 Å². The molecule has 5 nitrogen and oxygen atoms in total. The van der Waals surface area contributed by atoms with Crippen LogP contribution in [0.3, 0.4) is 0 Å². The number of rotatable bonds is 5. The molecule has 0 fully saturated rings. The molecule has 23 heavy (non-hydrogen) atoms. The molecule has 0 aliphatic carbocycles. The van der Waals surface area contributed by atoms with E-state index in [0.717, 1.165) is 17.8 Å². The van der Waals surface area contributed by atoms with Crippen LogP contribution in [0.5, 0.6) is 0 Å². The maximum absolute atomic E-state index is 13.7. The van der Waals surface area contributed by atoms with Crippen LogP contribution in [-0.2, 0) is 6.42 Å². The normalized spacial score (nSPS) is 10.7. The van der Waals surface area contributed by atoms with Crippen molar-refractivity contribution in [2.24, 2.45) is 0 Å². The van der Waals surface area contributed by atoms with Gasteiger partial charge in [0.25, 0.3) is 5.91 Å². The number of aromatic nitrogens is 2. The van der Waals surface area contributed by atoms with E-state index in [1.807, 2.05) is 6.92 Å². The number of aryl methyl sites for hydroxylation is 1. The molecule has 1 aromatic carbocycles. The van der Waals surface area contributed by atoms with Crippen LogP contribution in [0.25, 0.3) is 11.3 Å². The first-order valence-corrected chi connectivity index (χ1v) is 7.97. The Balaban J connectivity index is 1.74. The van der Waals surface area contributed by atoms with Crippen molar-refractivity contribution in [2.45, 2.75) is 19.8 Å². The number of nitrogens with zero attached hydrogens (tertiary/aromatic N) is 2. The maximum atomic E-state index is 13.7. The first-order valence-electron chi connectivity index (χ1n) is 7.16. The molecule has 3 aromatic rings. The number of amides is 1. The number of carbonyl (C=O) groups excluding carboxylic acids is 1. The summed E-state index contributed by atoms with van der Waals surface area (Å²) < 4.78 is 19.2. The van der Waals surface area contributed by atoms with E-state index in [-0.39, 0.29) is 5.76 Å². The molecule has 7 heteroatoms. The zero-order valence-electron chi connectivity index (χ0n) is 12.4. The predicted octanol–water partition coefficient (Wildman–Crippen LogP) is 4.14. The number of halogens is 1. The van der Waals surface area contributed by atoms with Crippen molar-refractivity contribution in [1.82, 2.24) is 10.2 Å². The van der Waals surface area contributed by atoms with Crippen LogP contribution in [-0.4, -0.2) is 16.1 Å². The summed E-state index contributed by atoms with van der Waals surface area (Å²) in [5.74, 6) is -0.443. The van der Waals surface area contributed by atoms with Crippen LogP contribution in [0.2, 0.25) is 0 Å². The molecule has 0 bridgehead atoms. The fourth-order valence-electron chi connectivity index (χ4n) is 2.04. The van der Waals surface area contributed by atoms with Gasteiger partial charge in [0.05, 0.1) is 5.56 Å². The van der Waals surface area contributed by atoms with E-state index in [2.05, 4.69) is 15.5 Å². The van der Waals surface area contributed by atoms with E-state index < -0.39 is 11.7 Å². The molecule has 0 aliphatic heterocycles. The van der Waals surface area contributed by atoms with Crippen molar-refractivity contribution in [1.29, 1.82) is 0 Å². The van der Waals surface area contributed by atoms with Gasteiger partial charge in [-0.15, -0.1) is 10.2 Å². The third kappa shape index (κ3) is 3.45. The lowest BCUT2D eigenvalue weighted by Gasteiger charge is -1.99. The van der Waals surface area contributed by atoms with Gasteiger partial charge in [0.1, 0.15) is 16.6 Å². The van der Waals surface area contributed by atoms with Gasteiger partial charge < -0.3 is 4.42 Å². The van der Waals surface area contributed by atoms with Gasteiger partial charge in [-0.05, 0) is 30.7 Å². The van der Waals surface area contributed by atoms with Gasteiger partial charge in [0.2, 0.25) is 5.13 Å². The molecule has 0 spiro atoms. The van der Waals surface area contributed by atoms with Gasteiger partial charge in [-0.2, -0.15) is 0 Å². The van der Waals surface area contributed by atoms with Crippen molar-refractivity contribution in [3.63, 3.8) is 0 Å². The number of furan rings is 1. The Morgan fingerprint density at radius 1 is 1.26 bits per heavy atom. The lowest BCUT2D eigenvalue weighted by molar-refractivity contribution is 0.0997. The minimum Gasteiger partial charge on any atom is -0.451 e. The summed E-state index contributed by atoms with van der Waals surface area (Å²) in [7, 11) is 0. The molecule has 1 amide bonds. The van der Waals surface area contributed by atoms with Gasteiger partial charge in [-0.1, -0.05) is 30.4 Å². The second-order valence-electron chi connectivity index (χ2n) is 4.85. The third-order valence-electron chi connectivity index (χ3n) is 3.12. The van der Waals surface area contributed by atoms with E-state index in [4.69, 9.17) is 4.42 Å². The summed E-state index contributed by atoms with van der Waals surface area (Å²) in [5, 5.41) is 11.8. The largest absolute Gasteiger partial charge is 0.451 e. The maximum Gasteiger partial charge on any atom is 0.293 e. The molecular weight excluding hydrogens is 317 g/mol. The molecule has 0 radical (unpaired) electrons. The van der Waals surface area contributed by atoms with E-state index in [1.54, 1.807) is 24.3 Å². The first-order chi connectivity index (χ1) is 11.2. The monoisotopic (exact) mass is 331 g/mol. The second kappa shape index (κ2) is 6.70. The molecule has 0 aliphatic rings. The Hall–Kier alpha value is -2.54. The minimum atomic E-state index is -0.438.